The second kappa shape index (κ2) is 8.97. The van der Waals surface area contributed by atoms with Crippen molar-refractivity contribution in [2.75, 3.05) is 31.5 Å². The third-order valence-corrected chi connectivity index (χ3v) is 6.76. The summed E-state index contributed by atoms with van der Waals surface area (Å²) in [7, 11) is 0. The number of carbonyl (C=O) groups is 2. The van der Waals surface area contributed by atoms with Crippen LogP contribution in [0.3, 0.4) is 0 Å². The first-order valence-corrected chi connectivity index (χ1v) is 11.1. The van der Waals surface area contributed by atoms with Crippen LogP contribution in [-0.2, 0) is 4.79 Å². The Hall–Kier alpha value is -2.44. The molecule has 1 saturated carbocycles. The maximum Gasteiger partial charge on any atom is 0.256 e. The highest BCUT2D eigenvalue weighted by Gasteiger charge is 2.39. The summed E-state index contributed by atoms with van der Waals surface area (Å²) in [5.41, 5.74) is 1.64. The Morgan fingerprint density at radius 3 is 2.45 bits per heavy atom. The van der Waals surface area contributed by atoms with Crippen molar-refractivity contribution in [2.24, 2.45) is 11.8 Å². The van der Waals surface area contributed by atoms with Crippen LogP contribution in [0.5, 0.6) is 0 Å². The molecule has 5 nitrogen and oxygen atoms in total. The largest absolute Gasteiger partial charge is 0.336 e. The fourth-order valence-electron chi connectivity index (χ4n) is 4.21. The van der Waals surface area contributed by atoms with Crippen LogP contribution in [0.2, 0.25) is 5.02 Å². The van der Waals surface area contributed by atoms with Gasteiger partial charge >= 0.3 is 0 Å². The highest BCUT2D eigenvalue weighted by atomic mass is 35.5. The zero-order chi connectivity index (χ0) is 22.1. The van der Waals surface area contributed by atoms with E-state index >= 15 is 0 Å². The standard InChI is InChI=1S/C24H27ClFN3O2/c1-15-13-19(15)23(30)27-22-8-7-17(26)14-20(22)24(31)29-11-9-28(10-12-29)16(2)18-5-3-4-6-21(18)25/h3-8,14-16,19H,9-13H2,1-2H3,(H,27,30). The van der Waals surface area contributed by atoms with Crippen molar-refractivity contribution in [3.63, 3.8) is 0 Å². The Morgan fingerprint density at radius 2 is 1.81 bits per heavy atom. The molecule has 164 valence electrons. The lowest BCUT2D eigenvalue weighted by molar-refractivity contribution is -0.117. The topological polar surface area (TPSA) is 52.7 Å². The van der Waals surface area contributed by atoms with E-state index in [0.717, 1.165) is 17.0 Å². The Morgan fingerprint density at radius 1 is 1.13 bits per heavy atom. The molecule has 2 aromatic rings. The number of nitrogens with zero attached hydrogens (tertiary/aromatic N) is 2. The molecule has 4 rings (SSSR count). The van der Waals surface area contributed by atoms with E-state index in [1.165, 1.54) is 18.2 Å². The van der Waals surface area contributed by atoms with Crippen LogP contribution in [-0.4, -0.2) is 47.8 Å². The van der Waals surface area contributed by atoms with Crippen LogP contribution in [0.1, 0.15) is 42.2 Å². The first-order valence-electron chi connectivity index (χ1n) is 10.7. The Balaban J connectivity index is 1.43. The number of halogens is 2. The number of amides is 2. The molecule has 1 heterocycles. The van der Waals surface area contributed by atoms with E-state index < -0.39 is 5.82 Å². The maximum absolute atomic E-state index is 13.9. The van der Waals surface area contributed by atoms with Gasteiger partial charge in [0, 0.05) is 43.2 Å². The Bertz CT molecular complexity index is 991. The summed E-state index contributed by atoms with van der Waals surface area (Å²) in [4.78, 5) is 29.5. The Labute approximate surface area is 187 Å². The van der Waals surface area contributed by atoms with Crippen LogP contribution in [0, 0.1) is 17.7 Å². The van der Waals surface area contributed by atoms with Gasteiger partial charge in [0.15, 0.2) is 0 Å². The van der Waals surface area contributed by atoms with Gasteiger partial charge in [-0.05, 0) is 49.1 Å². The Kier molecular flexibility index (Phi) is 6.30. The van der Waals surface area contributed by atoms with Crippen molar-refractivity contribution >= 4 is 29.1 Å². The first kappa shape index (κ1) is 21.8. The molecule has 0 aromatic heterocycles. The summed E-state index contributed by atoms with van der Waals surface area (Å²) in [6.45, 7) is 6.56. The van der Waals surface area contributed by atoms with Gasteiger partial charge < -0.3 is 10.2 Å². The number of nitrogens with one attached hydrogen (secondary N) is 1. The lowest BCUT2D eigenvalue weighted by Crippen LogP contribution is -2.49. The molecule has 2 amide bonds. The fraction of sp³-hybridized carbons (Fsp3) is 0.417. The van der Waals surface area contributed by atoms with Crippen molar-refractivity contribution in [1.29, 1.82) is 0 Å². The SMILES string of the molecule is CC1CC1C(=O)Nc1ccc(F)cc1C(=O)N1CCN(C(C)c2ccccc2Cl)CC1. The van der Waals surface area contributed by atoms with E-state index in [1.807, 2.05) is 31.2 Å². The van der Waals surface area contributed by atoms with Gasteiger partial charge in [0.05, 0.1) is 11.3 Å². The second-order valence-electron chi connectivity index (χ2n) is 8.52. The molecule has 2 aromatic carbocycles. The van der Waals surface area contributed by atoms with Crippen LogP contribution in [0.25, 0.3) is 0 Å². The van der Waals surface area contributed by atoms with Crippen molar-refractivity contribution in [3.05, 3.63) is 64.4 Å². The normalized spacial score (nSPS) is 22.1. The van der Waals surface area contributed by atoms with Gasteiger partial charge in [0.25, 0.3) is 5.91 Å². The van der Waals surface area contributed by atoms with Crippen molar-refractivity contribution in [1.82, 2.24) is 9.80 Å². The third kappa shape index (κ3) is 4.75. The second-order valence-corrected chi connectivity index (χ2v) is 8.93. The van der Waals surface area contributed by atoms with Crippen LogP contribution in [0.15, 0.2) is 42.5 Å². The van der Waals surface area contributed by atoms with Crippen molar-refractivity contribution in [2.45, 2.75) is 26.3 Å². The molecular weight excluding hydrogens is 417 g/mol. The van der Waals surface area contributed by atoms with E-state index in [-0.39, 0.29) is 29.3 Å². The minimum Gasteiger partial charge on any atom is -0.336 e. The third-order valence-electron chi connectivity index (χ3n) is 6.42. The van der Waals surface area contributed by atoms with E-state index in [2.05, 4.69) is 17.1 Å². The molecular formula is C24H27ClFN3O2. The molecule has 3 unspecified atom stereocenters. The smallest absolute Gasteiger partial charge is 0.256 e. The molecule has 31 heavy (non-hydrogen) atoms. The van der Waals surface area contributed by atoms with Crippen LogP contribution in [0.4, 0.5) is 10.1 Å². The highest BCUT2D eigenvalue weighted by molar-refractivity contribution is 6.31. The lowest BCUT2D eigenvalue weighted by Gasteiger charge is -2.38. The zero-order valence-corrected chi connectivity index (χ0v) is 18.5. The van der Waals surface area contributed by atoms with E-state index in [4.69, 9.17) is 11.6 Å². The molecule has 2 fully saturated rings. The minimum atomic E-state index is -0.493. The average molecular weight is 444 g/mol. The molecule has 7 heteroatoms. The molecule has 1 N–H and O–H groups in total. The fourth-order valence-corrected chi connectivity index (χ4v) is 4.50. The molecule has 3 atom stereocenters. The van der Waals surface area contributed by atoms with Crippen molar-refractivity contribution < 1.29 is 14.0 Å². The maximum atomic E-state index is 13.9. The summed E-state index contributed by atoms with van der Waals surface area (Å²) in [5, 5.41) is 3.56. The number of rotatable bonds is 5. The predicted molar refractivity (Wildman–Crippen MR) is 120 cm³/mol. The van der Waals surface area contributed by atoms with Gasteiger partial charge in [-0.15, -0.1) is 0 Å². The van der Waals surface area contributed by atoms with Gasteiger partial charge in [-0.2, -0.15) is 0 Å². The minimum absolute atomic E-state index is 0.0251. The number of benzene rings is 2. The first-order chi connectivity index (χ1) is 14.8. The highest BCUT2D eigenvalue weighted by Crippen LogP contribution is 2.38. The molecule has 1 aliphatic carbocycles. The predicted octanol–water partition coefficient (Wildman–Crippen LogP) is 4.59. The van der Waals surface area contributed by atoms with Gasteiger partial charge in [-0.1, -0.05) is 36.7 Å². The van der Waals surface area contributed by atoms with E-state index in [0.29, 0.717) is 37.8 Å². The lowest BCUT2D eigenvalue weighted by atomic mass is 10.1. The molecule has 2 aliphatic rings. The van der Waals surface area contributed by atoms with Gasteiger partial charge in [-0.3, -0.25) is 14.5 Å². The summed E-state index contributed by atoms with van der Waals surface area (Å²) in [5.74, 6) is -0.530. The number of anilines is 1. The van der Waals surface area contributed by atoms with Crippen LogP contribution < -0.4 is 5.32 Å². The summed E-state index contributed by atoms with van der Waals surface area (Å²) < 4.78 is 13.9. The summed E-state index contributed by atoms with van der Waals surface area (Å²) in [6.07, 6.45) is 0.849. The van der Waals surface area contributed by atoms with Gasteiger partial charge in [0.2, 0.25) is 5.91 Å². The number of hydrogen-bond donors (Lipinski definition) is 1. The molecule has 1 aliphatic heterocycles. The quantitative estimate of drug-likeness (QED) is 0.735. The summed E-state index contributed by atoms with van der Waals surface area (Å²) >= 11 is 6.35. The van der Waals surface area contributed by atoms with Gasteiger partial charge in [-0.25, -0.2) is 4.39 Å². The van der Waals surface area contributed by atoms with Gasteiger partial charge in [0.1, 0.15) is 5.82 Å². The molecule has 0 spiro atoms. The summed E-state index contributed by atoms with van der Waals surface area (Å²) in [6, 6.07) is 11.9. The number of hydrogen-bond acceptors (Lipinski definition) is 3. The molecule has 0 bridgehead atoms. The van der Waals surface area contributed by atoms with E-state index in [9.17, 15) is 14.0 Å². The zero-order valence-electron chi connectivity index (χ0n) is 17.8. The molecule has 0 radical (unpaired) electrons. The number of piperazine rings is 1. The monoisotopic (exact) mass is 443 g/mol. The van der Waals surface area contributed by atoms with E-state index in [1.54, 1.807) is 4.90 Å². The molecule has 1 saturated heterocycles. The van der Waals surface area contributed by atoms with Crippen molar-refractivity contribution in [3.8, 4) is 0 Å². The number of carbonyl (C=O) groups excluding carboxylic acids is 2. The van der Waals surface area contributed by atoms with Crippen LogP contribution >= 0.6 is 11.6 Å². The average Bonchev–Trinajstić information content (AvgIpc) is 3.51.